The van der Waals surface area contributed by atoms with Crippen molar-refractivity contribution in [3.05, 3.63) is 35.9 Å². The van der Waals surface area contributed by atoms with Crippen molar-refractivity contribution in [2.75, 3.05) is 19.6 Å². The first kappa shape index (κ1) is 23.1. The van der Waals surface area contributed by atoms with Crippen molar-refractivity contribution in [3.8, 4) is 0 Å². The molecule has 0 atom stereocenters. The first-order chi connectivity index (χ1) is 13.9. The average molecular weight is 402 g/mol. The van der Waals surface area contributed by atoms with E-state index in [1.54, 1.807) is 0 Å². The van der Waals surface area contributed by atoms with Crippen LogP contribution in [-0.2, 0) is 19.9 Å². The van der Waals surface area contributed by atoms with Crippen LogP contribution in [0.3, 0.4) is 0 Å². The van der Waals surface area contributed by atoms with E-state index >= 15 is 0 Å². The van der Waals surface area contributed by atoms with Crippen LogP contribution in [0.15, 0.2) is 30.3 Å². The molecule has 0 aromatic heterocycles. The van der Waals surface area contributed by atoms with E-state index in [1.165, 1.54) is 51.5 Å². The van der Waals surface area contributed by atoms with Gasteiger partial charge in [0.2, 0.25) is 17.7 Å². The molecule has 0 radical (unpaired) electrons. The maximum Gasteiger partial charge on any atom is 0.226 e. The van der Waals surface area contributed by atoms with Gasteiger partial charge in [0.05, 0.1) is 0 Å². The average Bonchev–Trinajstić information content (AvgIpc) is 2.71. The smallest absolute Gasteiger partial charge is 0.226 e. The summed E-state index contributed by atoms with van der Waals surface area (Å²) in [7, 11) is 0. The fourth-order valence-corrected chi connectivity index (χ4v) is 4.15. The molecule has 160 valence electrons. The second-order valence-corrected chi connectivity index (χ2v) is 7.93. The second-order valence-electron chi connectivity index (χ2n) is 7.93. The Morgan fingerprint density at radius 1 is 0.931 bits per heavy atom. The van der Waals surface area contributed by atoms with Gasteiger partial charge in [0.25, 0.3) is 0 Å². The predicted octanol–water partition coefficient (Wildman–Crippen LogP) is 3.12. The van der Waals surface area contributed by atoms with Crippen molar-refractivity contribution in [2.45, 2.75) is 70.8 Å². The Hall–Kier alpha value is -2.21. The predicted molar refractivity (Wildman–Crippen MR) is 114 cm³/mol. The lowest BCUT2D eigenvalue weighted by atomic mass is 9.76. The van der Waals surface area contributed by atoms with E-state index in [4.69, 9.17) is 0 Å². The van der Waals surface area contributed by atoms with Gasteiger partial charge < -0.3 is 10.6 Å². The number of rotatable bonds is 10. The van der Waals surface area contributed by atoms with Gasteiger partial charge in [0.1, 0.15) is 0 Å². The molecule has 1 saturated carbocycles. The van der Waals surface area contributed by atoms with Crippen LogP contribution in [0.4, 0.5) is 0 Å². The van der Waals surface area contributed by atoms with Crippen LogP contribution in [0.2, 0.25) is 0 Å². The van der Waals surface area contributed by atoms with Gasteiger partial charge in [0, 0.05) is 38.9 Å². The molecule has 2 rings (SSSR count). The molecule has 0 spiro atoms. The third kappa shape index (κ3) is 7.28. The van der Waals surface area contributed by atoms with E-state index in [1.807, 2.05) is 0 Å². The lowest BCUT2D eigenvalue weighted by molar-refractivity contribution is -0.142. The van der Waals surface area contributed by atoms with Gasteiger partial charge in [-0.25, -0.2) is 0 Å². The van der Waals surface area contributed by atoms with Crippen molar-refractivity contribution < 1.29 is 14.4 Å². The molecule has 1 aliphatic carbocycles. The number of imide groups is 1. The molecular weight excluding hydrogens is 366 g/mol. The number of carbonyl (C=O) groups is 3. The SMILES string of the molecule is CC(=O)N(CCNC(=O)CCCCNC1(c2ccccc2)CCCCC1)C(C)=O. The lowest BCUT2D eigenvalue weighted by Crippen LogP contribution is -2.44. The standard InChI is InChI=1S/C23H35N3O3/c1-19(27)26(20(2)28)18-17-24-22(29)13-7-10-16-25-23(14-8-4-9-15-23)21-11-5-3-6-12-21/h3,5-6,11-12,25H,4,7-10,13-18H2,1-2H3,(H,24,29). The summed E-state index contributed by atoms with van der Waals surface area (Å²) < 4.78 is 0. The van der Waals surface area contributed by atoms with Gasteiger partial charge in [-0.15, -0.1) is 0 Å². The van der Waals surface area contributed by atoms with Gasteiger partial charge >= 0.3 is 0 Å². The summed E-state index contributed by atoms with van der Waals surface area (Å²) >= 11 is 0. The zero-order chi connectivity index (χ0) is 21.1. The molecular formula is C23H35N3O3. The number of benzene rings is 1. The Balaban J connectivity index is 1.68. The van der Waals surface area contributed by atoms with E-state index in [9.17, 15) is 14.4 Å². The summed E-state index contributed by atoms with van der Waals surface area (Å²) in [6, 6.07) is 10.7. The molecule has 0 saturated heterocycles. The molecule has 0 bridgehead atoms. The van der Waals surface area contributed by atoms with Crippen LogP contribution >= 0.6 is 0 Å². The highest BCUT2D eigenvalue weighted by molar-refractivity contribution is 5.92. The molecule has 1 fully saturated rings. The van der Waals surface area contributed by atoms with Crippen LogP contribution in [0.1, 0.15) is 70.8 Å². The summed E-state index contributed by atoms with van der Waals surface area (Å²) in [5.41, 5.74) is 1.45. The molecule has 29 heavy (non-hydrogen) atoms. The van der Waals surface area contributed by atoms with Crippen LogP contribution in [-0.4, -0.2) is 42.3 Å². The Labute approximate surface area is 174 Å². The number of hydrogen-bond acceptors (Lipinski definition) is 4. The Morgan fingerprint density at radius 3 is 2.21 bits per heavy atom. The zero-order valence-corrected chi connectivity index (χ0v) is 17.8. The maximum absolute atomic E-state index is 12.0. The van der Waals surface area contributed by atoms with E-state index in [-0.39, 0.29) is 29.8 Å². The Morgan fingerprint density at radius 2 is 1.59 bits per heavy atom. The molecule has 0 aliphatic heterocycles. The molecule has 1 aliphatic rings. The van der Waals surface area contributed by atoms with Gasteiger partial charge in [-0.05, 0) is 37.8 Å². The monoisotopic (exact) mass is 401 g/mol. The summed E-state index contributed by atoms with van der Waals surface area (Å²) in [4.78, 5) is 35.8. The molecule has 6 nitrogen and oxygen atoms in total. The van der Waals surface area contributed by atoms with Gasteiger partial charge in [-0.1, -0.05) is 49.6 Å². The molecule has 6 heteroatoms. The Bertz CT molecular complexity index is 655. The van der Waals surface area contributed by atoms with Crippen molar-refractivity contribution in [2.24, 2.45) is 0 Å². The van der Waals surface area contributed by atoms with E-state index in [2.05, 4.69) is 41.0 Å². The number of amides is 3. The van der Waals surface area contributed by atoms with Crippen molar-refractivity contribution in [3.63, 3.8) is 0 Å². The zero-order valence-electron chi connectivity index (χ0n) is 17.8. The molecule has 3 amide bonds. The fraction of sp³-hybridized carbons (Fsp3) is 0.609. The highest BCUT2D eigenvalue weighted by Gasteiger charge is 2.32. The minimum atomic E-state index is -0.298. The van der Waals surface area contributed by atoms with Gasteiger partial charge in [0.15, 0.2) is 0 Å². The third-order valence-corrected chi connectivity index (χ3v) is 5.75. The van der Waals surface area contributed by atoms with Crippen LogP contribution < -0.4 is 10.6 Å². The summed E-state index contributed by atoms with van der Waals surface area (Å²) in [5.74, 6) is -0.631. The third-order valence-electron chi connectivity index (χ3n) is 5.75. The number of carbonyl (C=O) groups excluding carboxylic acids is 3. The Kier molecular flexibility index (Phi) is 9.32. The van der Waals surface area contributed by atoms with Crippen LogP contribution in [0.5, 0.6) is 0 Å². The number of unbranched alkanes of at least 4 members (excludes halogenated alkanes) is 1. The first-order valence-corrected chi connectivity index (χ1v) is 10.8. The molecule has 1 aromatic carbocycles. The second kappa shape index (κ2) is 11.7. The first-order valence-electron chi connectivity index (χ1n) is 10.8. The van der Waals surface area contributed by atoms with E-state index in [0.29, 0.717) is 13.0 Å². The van der Waals surface area contributed by atoms with Crippen LogP contribution in [0, 0.1) is 0 Å². The number of nitrogens with zero attached hydrogens (tertiary/aromatic N) is 1. The quantitative estimate of drug-likeness (QED) is 0.591. The van der Waals surface area contributed by atoms with E-state index in [0.717, 1.165) is 24.3 Å². The molecule has 1 aromatic rings. The van der Waals surface area contributed by atoms with Gasteiger partial charge in [-0.3, -0.25) is 19.3 Å². The highest BCUT2D eigenvalue weighted by Crippen LogP contribution is 2.37. The lowest BCUT2D eigenvalue weighted by Gasteiger charge is -2.39. The summed E-state index contributed by atoms with van der Waals surface area (Å²) in [6.45, 7) is 4.12. The molecule has 2 N–H and O–H groups in total. The maximum atomic E-state index is 12.0. The minimum Gasteiger partial charge on any atom is -0.354 e. The van der Waals surface area contributed by atoms with Gasteiger partial charge in [-0.2, -0.15) is 0 Å². The van der Waals surface area contributed by atoms with Crippen molar-refractivity contribution >= 4 is 17.7 Å². The highest BCUT2D eigenvalue weighted by atomic mass is 16.2. The van der Waals surface area contributed by atoms with E-state index < -0.39 is 0 Å². The minimum absolute atomic E-state index is 0.0347. The number of hydrogen-bond donors (Lipinski definition) is 2. The fourth-order valence-electron chi connectivity index (χ4n) is 4.15. The molecule has 0 heterocycles. The largest absolute Gasteiger partial charge is 0.354 e. The van der Waals surface area contributed by atoms with Crippen molar-refractivity contribution in [1.82, 2.24) is 15.5 Å². The summed E-state index contributed by atoms with van der Waals surface area (Å²) in [5, 5.41) is 6.59. The van der Waals surface area contributed by atoms with Crippen LogP contribution in [0.25, 0.3) is 0 Å². The number of nitrogens with one attached hydrogen (secondary N) is 2. The topological polar surface area (TPSA) is 78.5 Å². The molecule has 0 unspecified atom stereocenters. The summed E-state index contributed by atoms with van der Waals surface area (Å²) in [6.07, 6.45) is 8.35. The van der Waals surface area contributed by atoms with Crippen molar-refractivity contribution in [1.29, 1.82) is 0 Å². The normalized spacial score (nSPS) is 15.5.